The highest BCUT2D eigenvalue weighted by atomic mass is 16.5. The van der Waals surface area contributed by atoms with E-state index in [1.165, 1.54) is 5.56 Å². The Bertz CT molecular complexity index is 366. The zero-order chi connectivity index (χ0) is 12.7. The minimum atomic E-state index is -0.528. The van der Waals surface area contributed by atoms with Gasteiger partial charge in [-0.25, -0.2) is 0 Å². The summed E-state index contributed by atoms with van der Waals surface area (Å²) in [5.41, 5.74) is 7.71. The average Bonchev–Trinajstić information content (AvgIpc) is 2.36. The molecule has 4 nitrogen and oxygen atoms in total. The van der Waals surface area contributed by atoms with E-state index in [1.807, 2.05) is 24.3 Å². The Morgan fingerprint density at radius 2 is 2.29 bits per heavy atom. The van der Waals surface area contributed by atoms with Crippen molar-refractivity contribution in [2.24, 2.45) is 5.73 Å². The Morgan fingerprint density at radius 1 is 1.53 bits per heavy atom. The van der Waals surface area contributed by atoms with Gasteiger partial charge in [0.15, 0.2) is 0 Å². The van der Waals surface area contributed by atoms with Crippen molar-refractivity contribution >= 4 is 11.6 Å². The number of methoxy groups -OCH3 is 1. The van der Waals surface area contributed by atoms with Gasteiger partial charge in [0.2, 0.25) is 5.91 Å². The van der Waals surface area contributed by atoms with Gasteiger partial charge in [0.1, 0.15) is 0 Å². The van der Waals surface area contributed by atoms with Gasteiger partial charge in [0.25, 0.3) is 0 Å². The molecular weight excluding hydrogens is 216 g/mol. The molecule has 1 rings (SSSR count). The number of hydrogen-bond acceptors (Lipinski definition) is 3. The SMILES string of the molecule is CCc1cccc(NC(=O)C(N)CCOC)c1. The van der Waals surface area contributed by atoms with Crippen LogP contribution in [0, 0.1) is 0 Å². The zero-order valence-corrected chi connectivity index (χ0v) is 10.4. The highest BCUT2D eigenvalue weighted by molar-refractivity contribution is 5.94. The summed E-state index contributed by atoms with van der Waals surface area (Å²) in [7, 11) is 1.59. The number of nitrogens with one attached hydrogen (secondary N) is 1. The Kier molecular flexibility index (Phi) is 5.66. The molecule has 0 bridgehead atoms. The van der Waals surface area contributed by atoms with Crippen molar-refractivity contribution < 1.29 is 9.53 Å². The molecule has 0 saturated carbocycles. The fraction of sp³-hybridized carbons (Fsp3) is 0.462. The summed E-state index contributed by atoms with van der Waals surface area (Å²) in [6, 6.07) is 7.25. The van der Waals surface area contributed by atoms with Crippen molar-refractivity contribution in [1.29, 1.82) is 0 Å². The Balaban J connectivity index is 2.54. The van der Waals surface area contributed by atoms with Crippen LogP contribution in [0.5, 0.6) is 0 Å². The molecule has 0 aromatic heterocycles. The van der Waals surface area contributed by atoms with Crippen molar-refractivity contribution in [1.82, 2.24) is 0 Å². The van der Waals surface area contributed by atoms with E-state index in [1.54, 1.807) is 7.11 Å². The quantitative estimate of drug-likeness (QED) is 0.787. The number of carbonyl (C=O) groups excluding carboxylic acids is 1. The summed E-state index contributed by atoms with van der Waals surface area (Å²) < 4.78 is 4.89. The fourth-order valence-corrected chi connectivity index (χ4v) is 1.48. The van der Waals surface area contributed by atoms with E-state index in [4.69, 9.17) is 10.5 Å². The Morgan fingerprint density at radius 3 is 2.94 bits per heavy atom. The van der Waals surface area contributed by atoms with Crippen LogP contribution in [0.4, 0.5) is 5.69 Å². The molecule has 1 atom stereocenters. The molecule has 1 amide bonds. The first kappa shape index (κ1) is 13.7. The molecule has 1 aromatic carbocycles. The molecule has 0 radical (unpaired) electrons. The van der Waals surface area contributed by atoms with Crippen LogP contribution in [-0.2, 0) is 16.0 Å². The minimum absolute atomic E-state index is 0.171. The lowest BCUT2D eigenvalue weighted by atomic mass is 10.1. The topological polar surface area (TPSA) is 64.4 Å². The smallest absolute Gasteiger partial charge is 0.241 e. The van der Waals surface area contributed by atoms with Crippen LogP contribution in [0.15, 0.2) is 24.3 Å². The second kappa shape index (κ2) is 7.04. The van der Waals surface area contributed by atoms with Crippen molar-refractivity contribution in [2.75, 3.05) is 19.0 Å². The summed E-state index contributed by atoms with van der Waals surface area (Å²) in [6.07, 6.45) is 1.47. The molecular formula is C13H20N2O2. The van der Waals surface area contributed by atoms with E-state index in [2.05, 4.69) is 12.2 Å². The molecule has 0 aliphatic carbocycles. The first-order valence-electron chi connectivity index (χ1n) is 5.81. The fourth-order valence-electron chi connectivity index (χ4n) is 1.48. The molecule has 3 N–H and O–H groups in total. The van der Waals surface area contributed by atoms with Crippen LogP contribution in [-0.4, -0.2) is 25.7 Å². The van der Waals surface area contributed by atoms with Gasteiger partial charge in [-0.3, -0.25) is 4.79 Å². The lowest BCUT2D eigenvalue weighted by Gasteiger charge is -2.12. The first-order chi connectivity index (χ1) is 8.17. The monoisotopic (exact) mass is 236 g/mol. The number of carbonyl (C=O) groups is 1. The molecule has 0 aliphatic heterocycles. The maximum Gasteiger partial charge on any atom is 0.241 e. The maximum absolute atomic E-state index is 11.7. The maximum atomic E-state index is 11.7. The van der Waals surface area contributed by atoms with Crippen LogP contribution in [0.2, 0.25) is 0 Å². The van der Waals surface area contributed by atoms with Crippen LogP contribution in [0.3, 0.4) is 0 Å². The molecule has 1 aromatic rings. The highest BCUT2D eigenvalue weighted by Gasteiger charge is 2.12. The molecule has 0 fully saturated rings. The van der Waals surface area contributed by atoms with Gasteiger partial charge in [0.05, 0.1) is 6.04 Å². The second-order valence-electron chi connectivity index (χ2n) is 3.93. The van der Waals surface area contributed by atoms with Gasteiger partial charge in [-0.05, 0) is 30.5 Å². The molecule has 0 heterocycles. The largest absolute Gasteiger partial charge is 0.385 e. The average molecular weight is 236 g/mol. The summed E-state index contributed by atoms with van der Waals surface area (Å²) in [5.74, 6) is -0.171. The molecule has 0 aliphatic rings. The third kappa shape index (κ3) is 4.54. The first-order valence-corrected chi connectivity index (χ1v) is 5.81. The van der Waals surface area contributed by atoms with E-state index >= 15 is 0 Å². The predicted molar refractivity (Wildman–Crippen MR) is 68.9 cm³/mol. The van der Waals surface area contributed by atoms with Crippen molar-refractivity contribution in [3.63, 3.8) is 0 Å². The van der Waals surface area contributed by atoms with Gasteiger partial charge in [-0.1, -0.05) is 19.1 Å². The number of ether oxygens (including phenoxy) is 1. The number of amides is 1. The third-order valence-electron chi connectivity index (χ3n) is 2.57. The zero-order valence-electron chi connectivity index (χ0n) is 10.4. The molecule has 0 saturated heterocycles. The van der Waals surface area contributed by atoms with Gasteiger partial charge in [-0.15, -0.1) is 0 Å². The normalized spacial score (nSPS) is 12.2. The van der Waals surface area contributed by atoms with Gasteiger partial charge in [-0.2, -0.15) is 0 Å². The van der Waals surface area contributed by atoms with Gasteiger partial charge < -0.3 is 15.8 Å². The number of rotatable bonds is 6. The lowest BCUT2D eigenvalue weighted by molar-refractivity contribution is -0.117. The van der Waals surface area contributed by atoms with E-state index in [0.29, 0.717) is 13.0 Å². The standard InChI is InChI=1S/C13H20N2O2/c1-3-10-5-4-6-11(9-10)15-13(16)12(14)7-8-17-2/h4-6,9,12H,3,7-8,14H2,1-2H3,(H,15,16). The summed E-state index contributed by atoms with van der Waals surface area (Å²) >= 11 is 0. The number of anilines is 1. The molecule has 0 spiro atoms. The molecule has 1 unspecified atom stereocenters. The number of hydrogen-bond donors (Lipinski definition) is 2. The van der Waals surface area contributed by atoms with E-state index in [-0.39, 0.29) is 5.91 Å². The predicted octanol–water partition coefficient (Wildman–Crippen LogP) is 1.55. The summed E-state index contributed by atoms with van der Waals surface area (Å²) in [4.78, 5) is 11.7. The van der Waals surface area contributed by atoms with Crippen LogP contribution in [0.25, 0.3) is 0 Å². The second-order valence-corrected chi connectivity index (χ2v) is 3.93. The Labute approximate surface area is 102 Å². The van der Waals surface area contributed by atoms with Crippen LogP contribution in [0.1, 0.15) is 18.9 Å². The van der Waals surface area contributed by atoms with Crippen LogP contribution < -0.4 is 11.1 Å². The third-order valence-corrected chi connectivity index (χ3v) is 2.57. The highest BCUT2D eigenvalue weighted by Crippen LogP contribution is 2.11. The molecule has 4 heteroatoms. The number of nitrogens with two attached hydrogens (primary N) is 1. The van der Waals surface area contributed by atoms with E-state index in [0.717, 1.165) is 12.1 Å². The number of benzene rings is 1. The van der Waals surface area contributed by atoms with Crippen molar-refractivity contribution in [3.8, 4) is 0 Å². The number of aryl methyl sites for hydroxylation is 1. The molecule has 17 heavy (non-hydrogen) atoms. The van der Waals surface area contributed by atoms with Gasteiger partial charge >= 0.3 is 0 Å². The lowest BCUT2D eigenvalue weighted by Crippen LogP contribution is -2.36. The van der Waals surface area contributed by atoms with Gasteiger partial charge in [0, 0.05) is 19.4 Å². The van der Waals surface area contributed by atoms with E-state index in [9.17, 15) is 4.79 Å². The van der Waals surface area contributed by atoms with Crippen molar-refractivity contribution in [2.45, 2.75) is 25.8 Å². The van der Waals surface area contributed by atoms with Crippen LogP contribution >= 0.6 is 0 Å². The summed E-state index contributed by atoms with van der Waals surface area (Å²) in [6.45, 7) is 2.56. The summed E-state index contributed by atoms with van der Waals surface area (Å²) in [5, 5.41) is 2.81. The van der Waals surface area contributed by atoms with E-state index < -0.39 is 6.04 Å². The molecule has 94 valence electrons. The minimum Gasteiger partial charge on any atom is -0.385 e. The van der Waals surface area contributed by atoms with Crippen molar-refractivity contribution in [3.05, 3.63) is 29.8 Å². The Hall–Kier alpha value is -1.39.